The number of rotatable bonds is 6. The van der Waals surface area contributed by atoms with Crippen LogP contribution in [0, 0.1) is 12.8 Å². The molecule has 168 valence electrons. The summed E-state index contributed by atoms with van der Waals surface area (Å²) in [5, 5.41) is 0.00856. The molecule has 1 fully saturated rings. The zero-order chi connectivity index (χ0) is 22.8. The van der Waals surface area contributed by atoms with Crippen molar-refractivity contribution in [1.29, 1.82) is 0 Å². The molecule has 2 heterocycles. The van der Waals surface area contributed by atoms with Gasteiger partial charge < -0.3 is 14.2 Å². The van der Waals surface area contributed by atoms with E-state index in [9.17, 15) is 18.0 Å². The van der Waals surface area contributed by atoms with Crippen molar-refractivity contribution < 1.29 is 22.7 Å². The SMILES string of the molecule is Cc1nc(S(=O)(=O)N2CCC(C(=O)OC(C(=O)N(C)C)c3ccccc3)CC2)cn1C. The standard InChI is InChI=1S/C21H28N4O5S/c1-15-22-18(14-24(15)4)31(28,29)25-12-10-17(11-13-25)21(27)30-19(20(26)23(2)3)16-8-6-5-7-9-16/h5-9,14,17,19H,10-13H2,1-4H3. The number of aromatic nitrogens is 2. The summed E-state index contributed by atoms with van der Waals surface area (Å²) in [6.45, 7) is 2.12. The second kappa shape index (κ2) is 9.19. The summed E-state index contributed by atoms with van der Waals surface area (Å²) in [4.78, 5) is 30.9. The lowest BCUT2D eigenvalue weighted by atomic mass is 9.98. The predicted molar refractivity (Wildman–Crippen MR) is 113 cm³/mol. The molecule has 1 amide bonds. The molecule has 1 saturated heterocycles. The maximum absolute atomic E-state index is 12.8. The van der Waals surface area contributed by atoms with Crippen molar-refractivity contribution in [1.82, 2.24) is 18.8 Å². The normalized spacial score (nSPS) is 16.6. The summed E-state index contributed by atoms with van der Waals surface area (Å²) in [7, 11) is 1.23. The Morgan fingerprint density at radius 2 is 1.77 bits per heavy atom. The van der Waals surface area contributed by atoms with Gasteiger partial charge in [-0.3, -0.25) is 9.59 Å². The molecule has 9 nitrogen and oxygen atoms in total. The Hall–Kier alpha value is -2.72. The molecule has 3 rings (SSSR count). The number of aryl methyl sites for hydroxylation is 2. The zero-order valence-electron chi connectivity index (χ0n) is 18.2. The smallest absolute Gasteiger partial charge is 0.310 e. The minimum Gasteiger partial charge on any atom is -0.447 e. The largest absolute Gasteiger partial charge is 0.447 e. The molecule has 0 saturated carbocycles. The van der Waals surface area contributed by atoms with Crippen LogP contribution in [0.4, 0.5) is 0 Å². The Labute approximate surface area is 182 Å². The number of likely N-dealkylation sites (N-methyl/N-ethyl adjacent to an activating group) is 1. The molecule has 1 aliphatic heterocycles. The predicted octanol–water partition coefficient (Wildman–Crippen LogP) is 1.50. The molecule has 0 bridgehead atoms. The van der Waals surface area contributed by atoms with Gasteiger partial charge in [0.2, 0.25) is 6.10 Å². The van der Waals surface area contributed by atoms with Crippen molar-refractivity contribution in [3.05, 3.63) is 47.9 Å². The maximum atomic E-state index is 12.8. The number of amides is 1. The van der Waals surface area contributed by atoms with Gasteiger partial charge in [-0.2, -0.15) is 4.31 Å². The van der Waals surface area contributed by atoms with Crippen molar-refractivity contribution in [2.45, 2.75) is 30.9 Å². The zero-order valence-corrected chi connectivity index (χ0v) is 19.0. The highest BCUT2D eigenvalue weighted by molar-refractivity contribution is 7.89. The molecular weight excluding hydrogens is 420 g/mol. The minimum absolute atomic E-state index is 0.00856. The molecule has 1 aromatic heterocycles. The average Bonchev–Trinajstić information content (AvgIpc) is 3.11. The summed E-state index contributed by atoms with van der Waals surface area (Å²) >= 11 is 0. The van der Waals surface area contributed by atoms with Gasteiger partial charge >= 0.3 is 5.97 Å². The number of carbonyl (C=O) groups excluding carboxylic acids is 2. The molecule has 31 heavy (non-hydrogen) atoms. The lowest BCUT2D eigenvalue weighted by molar-refractivity contribution is -0.164. The molecule has 0 N–H and O–H groups in total. The van der Waals surface area contributed by atoms with Gasteiger partial charge in [-0.1, -0.05) is 30.3 Å². The highest BCUT2D eigenvalue weighted by Crippen LogP contribution is 2.27. The molecule has 1 aliphatic rings. The Bertz CT molecular complexity index is 1020. The van der Waals surface area contributed by atoms with Gasteiger partial charge in [0.05, 0.1) is 5.92 Å². The summed E-state index contributed by atoms with van der Waals surface area (Å²) in [6.07, 6.45) is 1.10. The third-order valence-corrected chi connectivity index (χ3v) is 7.25. The molecule has 0 radical (unpaired) electrons. The number of carbonyl (C=O) groups is 2. The van der Waals surface area contributed by atoms with E-state index >= 15 is 0 Å². The van der Waals surface area contributed by atoms with E-state index in [4.69, 9.17) is 4.74 Å². The summed E-state index contributed by atoms with van der Waals surface area (Å²) in [5.74, 6) is -0.687. The van der Waals surface area contributed by atoms with Gasteiger partial charge in [0.1, 0.15) is 5.82 Å². The van der Waals surface area contributed by atoms with Gasteiger partial charge in [0.25, 0.3) is 15.9 Å². The van der Waals surface area contributed by atoms with Crippen LogP contribution in [0.3, 0.4) is 0 Å². The van der Waals surface area contributed by atoms with Crippen molar-refractivity contribution in [2.75, 3.05) is 27.2 Å². The Morgan fingerprint density at radius 3 is 2.29 bits per heavy atom. The van der Waals surface area contributed by atoms with Crippen LogP contribution in [-0.2, 0) is 31.4 Å². The molecule has 2 aromatic rings. The van der Waals surface area contributed by atoms with Gasteiger partial charge in [0, 0.05) is 46.0 Å². The fourth-order valence-corrected chi connectivity index (χ4v) is 4.95. The number of hydrogen-bond donors (Lipinski definition) is 0. The third-order valence-electron chi connectivity index (χ3n) is 5.48. The second-order valence-electron chi connectivity index (χ2n) is 7.88. The summed E-state index contributed by atoms with van der Waals surface area (Å²) < 4.78 is 34.3. The van der Waals surface area contributed by atoms with E-state index in [2.05, 4.69) is 4.98 Å². The van der Waals surface area contributed by atoms with Crippen molar-refractivity contribution in [2.24, 2.45) is 13.0 Å². The lowest BCUT2D eigenvalue weighted by Gasteiger charge is -2.30. The van der Waals surface area contributed by atoms with Crippen LogP contribution < -0.4 is 0 Å². The third kappa shape index (κ3) is 4.96. The topological polar surface area (TPSA) is 102 Å². The molecule has 1 unspecified atom stereocenters. The highest BCUT2D eigenvalue weighted by Gasteiger charge is 2.36. The van der Waals surface area contributed by atoms with Crippen LogP contribution in [0.25, 0.3) is 0 Å². The summed E-state index contributed by atoms with van der Waals surface area (Å²) in [6, 6.07) is 8.86. The van der Waals surface area contributed by atoms with E-state index in [1.54, 1.807) is 56.9 Å². The number of benzene rings is 1. The number of esters is 1. The quantitative estimate of drug-likeness (QED) is 0.621. The van der Waals surface area contributed by atoms with E-state index in [0.717, 1.165) is 0 Å². The molecule has 10 heteroatoms. The van der Waals surface area contributed by atoms with Crippen LogP contribution in [0.1, 0.15) is 30.3 Å². The van der Waals surface area contributed by atoms with Gasteiger partial charge in [-0.15, -0.1) is 0 Å². The molecule has 0 aliphatic carbocycles. The molecule has 0 spiro atoms. The van der Waals surface area contributed by atoms with E-state index in [-0.39, 0.29) is 24.0 Å². The Morgan fingerprint density at radius 1 is 1.16 bits per heavy atom. The average molecular weight is 449 g/mol. The second-order valence-corrected chi connectivity index (χ2v) is 9.76. The Balaban J connectivity index is 1.67. The first-order valence-corrected chi connectivity index (χ1v) is 11.5. The fraction of sp³-hybridized carbons (Fsp3) is 0.476. The number of sulfonamides is 1. The first kappa shape index (κ1) is 23.0. The van der Waals surface area contributed by atoms with E-state index in [0.29, 0.717) is 24.2 Å². The van der Waals surface area contributed by atoms with Gasteiger partial charge in [-0.05, 0) is 19.8 Å². The van der Waals surface area contributed by atoms with Gasteiger partial charge in [-0.25, -0.2) is 13.4 Å². The van der Waals surface area contributed by atoms with Gasteiger partial charge in [0.15, 0.2) is 5.03 Å². The number of piperidine rings is 1. The molecular formula is C21H28N4O5S. The first-order chi connectivity index (χ1) is 14.6. The van der Waals surface area contributed by atoms with Crippen molar-refractivity contribution >= 4 is 21.9 Å². The van der Waals surface area contributed by atoms with E-state index < -0.39 is 28.0 Å². The number of hydrogen-bond acceptors (Lipinski definition) is 6. The maximum Gasteiger partial charge on any atom is 0.310 e. The monoisotopic (exact) mass is 448 g/mol. The Kier molecular flexibility index (Phi) is 6.80. The number of nitrogens with zero attached hydrogens (tertiary/aromatic N) is 4. The van der Waals surface area contributed by atoms with Crippen molar-refractivity contribution in [3.63, 3.8) is 0 Å². The van der Waals surface area contributed by atoms with Crippen molar-refractivity contribution in [3.8, 4) is 0 Å². The number of ether oxygens (including phenoxy) is 1. The van der Waals surface area contributed by atoms with E-state index in [1.807, 2.05) is 6.07 Å². The van der Waals surface area contributed by atoms with Crippen LogP contribution in [0.5, 0.6) is 0 Å². The fourth-order valence-electron chi connectivity index (χ4n) is 3.45. The molecule has 1 aromatic carbocycles. The summed E-state index contributed by atoms with van der Waals surface area (Å²) in [5.41, 5.74) is 0.597. The molecule has 1 atom stereocenters. The first-order valence-electron chi connectivity index (χ1n) is 10.1. The van der Waals surface area contributed by atoms with E-state index in [1.165, 1.54) is 15.4 Å². The lowest BCUT2D eigenvalue weighted by Crippen LogP contribution is -2.41. The van der Waals surface area contributed by atoms with Crippen LogP contribution in [-0.4, -0.2) is 66.2 Å². The minimum atomic E-state index is -3.72. The van der Waals surface area contributed by atoms with Crippen LogP contribution in [0.2, 0.25) is 0 Å². The van der Waals surface area contributed by atoms with Crippen LogP contribution >= 0.6 is 0 Å². The van der Waals surface area contributed by atoms with Crippen LogP contribution in [0.15, 0.2) is 41.6 Å². The highest BCUT2D eigenvalue weighted by atomic mass is 32.2. The number of imidazole rings is 1.